The quantitative estimate of drug-likeness (QED) is 0.188. The summed E-state index contributed by atoms with van der Waals surface area (Å²) in [5.74, 6) is -0.320. The van der Waals surface area contributed by atoms with Gasteiger partial charge in [0.25, 0.3) is 5.56 Å². The summed E-state index contributed by atoms with van der Waals surface area (Å²) in [4.78, 5) is 32.6. The molecule has 40 heavy (non-hydrogen) atoms. The van der Waals surface area contributed by atoms with E-state index < -0.39 is 15.3 Å². The van der Waals surface area contributed by atoms with Gasteiger partial charge < -0.3 is 5.32 Å². The average Bonchev–Trinajstić information content (AvgIpc) is 3.36. The Bertz CT molecular complexity index is 1850. The van der Waals surface area contributed by atoms with E-state index in [0.717, 1.165) is 21.6 Å². The third-order valence-corrected chi connectivity index (χ3v) is 9.40. The second kappa shape index (κ2) is 11.4. The van der Waals surface area contributed by atoms with Crippen molar-refractivity contribution in [2.24, 2.45) is 5.14 Å². The highest BCUT2D eigenvalue weighted by atomic mass is 32.2. The van der Waals surface area contributed by atoms with Crippen LogP contribution in [0.15, 0.2) is 99.8 Å². The second-order valence-corrected chi connectivity index (χ2v) is 13.2. The Labute approximate surface area is 239 Å². The number of amides is 1. The zero-order valence-electron chi connectivity index (χ0n) is 21.7. The Hall–Kier alpha value is -3.77. The molecule has 1 amide bonds. The Morgan fingerprint density at radius 1 is 1.05 bits per heavy atom. The van der Waals surface area contributed by atoms with Gasteiger partial charge in [0.05, 0.1) is 22.2 Å². The fourth-order valence-electron chi connectivity index (χ4n) is 4.03. The fraction of sp³-hybridized carbons (Fsp3) is 0.138. The van der Waals surface area contributed by atoms with Gasteiger partial charge in [-0.05, 0) is 55.3 Å². The fourth-order valence-corrected chi connectivity index (χ4v) is 6.50. The number of nitrogens with two attached hydrogens (primary N) is 1. The molecule has 204 valence electrons. The van der Waals surface area contributed by atoms with Crippen molar-refractivity contribution in [3.05, 3.63) is 106 Å². The summed E-state index contributed by atoms with van der Waals surface area (Å²) < 4.78 is 25.2. The summed E-state index contributed by atoms with van der Waals surface area (Å²) in [6.07, 6.45) is 0. The van der Waals surface area contributed by atoms with Crippen LogP contribution < -0.4 is 16.0 Å². The van der Waals surface area contributed by atoms with E-state index in [4.69, 9.17) is 10.1 Å². The van der Waals surface area contributed by atoms with Crippen molar-refractivity contribution in [1.82, 2.24) is 9.55 Å². The third kappa shape index (κ3) is 6.18. The number of nitrogens with zero attached hydrogens (tertiary/aromatic N) is 2. The van der Waals surface area contributed by atoms with Crippen LogP contribution in [0, 0.1) is 6.92 Å². The van der Waals surface area contributed by atoms with Gasteiger partial charge in [0, 0.05) is 10.6 Å². The van der Waals surface area contributed by atoms with Crippen molar-refractivity contribution in [3.63, 3.8) is 0 Å². The number of carbonyl (C=O) groups is 1. The van der Waals surface area contributed by atoms with Crippen molar-refractivity contribution in [2.75, 3.05) is 5.32 Å². The molecule has 0 bridgehead atoms. The molecule has 0 aliphatic heterocycles. The van der Waals surface area contributed by atoms with Gasteiger partial charge in [0.1, 0.15) is 4.70 Å². The van der Waals surface area contributed by atoms with Gasteiger partial charge >= 0.3 is 0 Å². The number of hydrogen-bond donors (Lipinski definition) is 2. The Kier molecular flexibility index (Phi) is 7.90. The topological polar surface area (TPSA) is 124 Å². The number of anilines is 1. The third-order valence-electron chi connectivity index (χ3n) is 6.22. The molecule has 2 heterocycles. The molecule has 0 radical (unpaired) electrons. The molecule has 2 aromatic heterocycles. The number of sulfonamides is 1. The maximum Gasteiger partial charge on any atom is 0.272 e. The van der Waals surface area contributed by atoms with Crippen molar-refractivity contribution >= 4 is 54.9 Å². The van der Waals surface area contributed by atoms with Gasteiger partial charge in [0.15, 0.2) is 5.16 Å². The number of rotatable bonds is 8. The van der Waals surface area contributed by atoms with Gasteiger partial charge in [-0.25, -0.2) is 18.5 Å². The number of aryl methyl sites for hydroxylation is 1. The van der Waals surface area contributed by atoms with Crippen LogP contribution >= 0.6 is 23.1 Å². The first kappa shape index (κ1) is 27.8. The molecule has 3 aromatic carbocycles. The first-order chi connectivity index (χ1) is 19.1. The minimum absolute atomic E-state index is 0.0453. The van der Waals surface area contributed by atoms with E-state index in [1.54, 1.807) is 11.5 Å². The molecule has 0 spiro atoms. The van der Waals surface area contributed by atoms with Gasteiger partial charge in [-0.1, -0.05) is 71.9 Å². The lowest BCUT2D eigenvalue weighted by molar-refractivity contribution is -0.115. The standard InChI is InChI=1S/C29H26N4O4S3/c1-18-8-10-21(11-9-18)25-16-24-26(39-25)28(35)33(17-20-6-4-3-5-7-20)29(32-24)38-19(2)27(34)31-22-12-14-23(15-13-22)40(30,36)37/h3-16,19H,17H2,1-2H3,(H,31,34)(H2,30,36,37)/t19-/m1/s1. The van der Waals surface area contributed by atoms with Crippen molar-refractivity contribution in [3.8, 4) is 10.4 Å². The molecule has 0 aliphatic rings. The summed E-state index contributed by atoms with van der Waals surface area (Å²) in [6, 6.07) is 25.3. The van der Waals surface area contributed by atoms with Crippen LogP contribution in [0.2, 0.25) is 0 Å². The normalized spacial score (nSPS) is 12.4. The Morgan fingerprint density at radius 2 is 1.73 bits per heavy atom. The smallest absolute Gasteiger partial charge is 0.272 e. The lowest BCUT2D eigenvalue weighted by Gasteiger charge is -2.16. The Morgan fingerprint density at radius 3 is 2.38 bits per heavy atom. The highest BCUT2D eigenvalue weighted by Gasteiger charge is 2.21. The molecule has 11 heteroatoms. The summed E-state index contributed by atoms with van der Waals surface area (Å²) in [5.41, 5.74) is 3.96. The highest BCUT2D eigenvalue weighted by molar-refractivity contribution is 8.00. The number of carbonyl (C=O) groups excluding carboxylic acids is 1. The van der Waals surface area contributed by atoms with E-state index in [1.165, 1.54) is 47.4 Å². The van der Waals surface area contributed by atoms with Crippen LogP contribution in [0.25, 0.3) is 20.7 Å². The van der Waals surface area contributed by atoms with Crippen LogP contribution in [0.1, 0.15) is 18.1 Å². The molecule has 5 aromatic rings. The zero-order chi connectivity index (χ0) is 28.4. The summed E-state index contributed by atoms with van der Waals surface area (Å²) in [5, 5.41) is 7.76. The van der Waals surface area contributed by atoms with E-state index in [1.807, 2.05) is 67.6 Å². The number of primary sulfonamides is 1. The van der Waals surface area contributed by atoms with E-state index in [0.29, 0.717) is 27.6 Å². The number of aromatic nitrogens is 2. The molecule has 3 N–H and O–H groups in total. The lowest BCUT2D eigenvalue weighted by Crippen LogP contribution is -2.27. The van der Waals surface area contributed by atoms with E-state index in [2.05, 4.69) is 5.32 Å². The van der Waals surface area contributed by atoms with Crippen molar-refractivity contribution in [1.29, 1.82) is 0 Å². The SMILES string of the molecule is Cc1ccc(-c2cc3nc(S[C@H](C)C(=O)Nc4ccc(S(N)(=O)=O)cc4)n(Cc4ccccc4)c(=O)c3s2)cc1. The molecule has 8 nitrogen and oxygen atoms in total. The van der Waals surface area contributed by atoms with Gasteiger partial charge in [-0.2, -0.15) is 0 Å². The van der Waals surface area contributed by atoms with Gasteiger partial charge in [-0.3, -0.25) is 14.2 Å². The number of benzene rings is 3. The Balaban J connectivity index is 1.47. The first-order valence-corrected chi connectivity index (χ1v) is 15.6. The number of thiophene rings is 1. The first-order valence-electron chi connectivity index (χ1n) is 12.3. The molecule has 1 atom stereocenters. The molecular weight excluding hydrogens is 565 g/mol. The largest absolute Gasteiger partial charge is 0.325 e. The number of fused-ring (bicyclic) bond motifs is 1. The second-order valence-electron chi connectivity index (χ2n) is 9.28. The summed E-state index contributed by atoms with van der Waals surface area (Å²) >= 11 is 2.60. The molecule has 0 unspecified atom stereocenters. The molecule has 0 fully saturated rings. The number of nitrogens with one attached hydrogen (secondary N) is 1. The van der Waals surface area contributed by atoms with Crippen LogP contribution in [0.3, 0.4) is 0 Å². The summed E-state index contributed by atoms with van der Waals surface area (Å²) in [6.45, 7) is 4.07. The number of hydrogen-bond acceptors (Lipinski definition) is 7. The lowest BCUT2D eigenvalue weighted by atomic mass is 10.1. The maximum absolute atomic E-state index is 13.8. The molecule has 0 saturated heterocycles. The molecule has 0 aliphatic carbocycles. The summed E-state index contributed by atoms with van der Waals surface area (Å²) in [7, 11) is -3.83. The van der Waals surface area contributed by atoms with Crippen molar-refractivity contribution < 1.29 is 13.2 Å². The highest BCUT2D eigenvalue weighted by Crippen LogP contribution is 2.33. The van der Waals surface area contributed by atoms with E-state index in [-0.39, 0.29) is 16.4 Å². The minimum atomic E-state index is -3.83. The predicted octanol–water partition coefficient (Wildman–Crippen LogP) is 5.25. The minimum Gasteiger partial charge on any atom is -0.325 e. The maximum atomic E-state index is 13.8. The number of thioether (sulfide) groups is 1. The van der Waals surface area contributed by atoms with Gasteiger partial charge in [0.2, 0.25) is 15.9 Å². The van der Waals surface area contributed by atoms with Crippen LogP contribution in [0.4, 0.5) is 5.69 Å². The zero-order valence-corrected chi connectivity index (χ0v) is 24.1. The predicted molar refractivity (Wildman–Crippen MR) is 161 cm³/mol. The van der Waals surface area contributed by atoms with Crippen molar-refractivity contribution in [2.45, 2.75) is 35.7 Å². The molecule has 5 rings (SSSR count). The molecule has 0 saturated carbocycles. The van der Waals surface area contributed by atoms with E-state index in [9.17, 15) is 18.0 Å². The van der Waals surface area contributed by atoms with Crippen LogP contribution in [-0.2, 0) is 21.4 Å². The van der Waals surface area contributed by atoms with E-state index >= 15 is 0 Å². The van der Waals surface area contributed by atoms with Crippen LogP contribution in [0.5, 0.6) is 0 Å². The van der Waals surface area contributed by atoms with Gasteiger partial charge in [-0.15, -0.1) is 11.3 Å². The molecular formula is C29H26N4O4S3. The monoisotopic (exact) mass is 590 g/mol. The average molecular weight is 591 g/mol. The van der Waals surface area contributed by atoms with Crippen LogP contribution in [-0.4, -0.2) is 29.1 Å².